The molecule has 4 aromatic rings. The third-order valence-corrected chi connectivity index (χ3v) is 3.98. The van der Waals surface area contributed by atoms with Crippen LogP contribution in [-0.2, 0) is 0 Å². The number of furan rings is 1. The van der Waals surface area contributed by atoms with E-state index in [-0.39, 0.29) is 11.6 Å². The fraction of sp³-hybridized carbons (Fsp3) is 0. The molecular formula is C19H12N2O4. The molecule has 0 atom stereocenters. The number of hydrogen-bond acceptors (Lipinski definition) is 4. The number of anilines is 1. The number of nitro benzene ring substituents is 1. The van der Waals surface area contributed by atoms with Crippen molar-refractivity contribution in [2.45, 2.75) is 0 Å². The quantitative estimate of drug-likeness (QED) is 0.433. The van der Waals surface area contributed by atoms with Gasteiger partial charge in [0.05, 0.1) is 4.92 Å². The lowest BCUT2D eigenvalue weighted by molar-refractivity contribution is -0.384. The standard InChI is InChI=1S/C19H12N2O4/c22-19(12-5-8-14(9-6-12)21(23)24)20-13-7-10-16-15-3-1-2-4-17(15)25-18(16)11-13/h1-11H,(H,20,22). The van der Waals surface area contributed by atoms with E-state index < -0.39 is 4.92 Å². The maximum Gasteiger partial charge on any atom is 0.269 e. The van der Waals surface area contributed by atoms with Gasteiger partial charge in [0.1, 0.15) is 11.2 Å². The average Bonchev–Trinajstić information content (AvgIpc) is 2.99. The molecule has 0 fully saturated rings. The van der Waals surface area contributed by atoms with E-state index in [2.05, 4.69) is 5.32 Å². The summed E-state index contributed by atoms with van der Waals surface area (Å²) in [5, 5.41) is 15.4. The van der Waals surface area contributed by atoms with E-state index in [4.69, 9.17) is 4.42 Å². The second-order valence-electron chi connectivity index (χ2n) is 5.57. The third-order valence-electron chi connectivity index (χ3n) is 3.98. The van der Waals surface area contributed by atoms with Crippen LogP contribution in [-0.4, -0.2) is 10.8 Å². The molecule has 6 nitrogen and oxygen atoms in total. The molecule has 1 aromatic heterocycles. The molecule has 0 saturated heterocycles. The van der Waals surface area contributed by atoms with Gasteiger partial charge < -0.3 is 9.73 Å². The van der Waals surface area contributed by atoms with E-state index in [1.54, 1.807) is 12.1 Å². The molecular weight excluding hydrogens is 320 g/mol. The van der Waals surface area contributed by atoms with Crippen molar-refractivity contribution < 1.29 is 14.1 Å². The second kappa shape index (κ2) is 5.76. The van der Waals surface area contributed by atoms with E-state index in [1.165, 1.54) is 24.3 Å². The van der Waals surface area contributed by atoms with Crippen LogP contribution in [0.4, 0.5) is 11.4 Å². The van der Waals surface area contributed by atoms with Crippen molar-refractivity contribution in [3.8, 4) is 0 Å². The van der Waals surface area contributed by atoms with Crippen molar-refractivity contribution in [2.75, 3.05) is 5.32 Å². The molecule has 4 rings (SSSR count). The smallest absolute Gasteiger partial charge is 0.269 e. The Morgan fingerprint density at radius 3 is 2.40 bits per heavy atom. The van der Waals surface area contributed by atoms with Gasteiger partial charge in [-0.15, -0.1) is 0 Å². The van der Waals surface area contributed by atoms with Gasteiger partial charge >= 0.3 is 0 Å². The number of hydrogen-bond donors (Lipinski definition) is 1. The summed E-state index contributed by atoms with van der Waals surface area (Å²) < 4.78 is 5.80. The maximum absolute atomic E-state index is 12.3. The molecule has 0 aliphatic heterocycles. The number of rotatable bonds is 3. The number of nitrogens with one attached hydrogen (secondary N) is 1. The highest BCUT2D eigenvalue weighted by Gasteiger charge is 2.11. The van der Waals surface area contributed by atoms with Gasteiger partial charge in [-0.1, -0.05) is 18.2 Å². The van der Waals surface area contributed by atoms with Gasteiger partial charge in [0.25, 0.3) is 11.6 Å². The minimum absolute atomic E-state index is 0.0553. The number of non-ortho nitro benzene ring substituents is 1. The lowest BCUT2D eigenvalue weighted by Crippen LogP contribution is -2.11. The first-order chi connectivity index (χ1) is 12.1. The van der Waals surface area contributed by atoms with Crippen molar-refractivity contribution in [2.24, 2.45) is 0 Å². The highest BCUT2D eigenvalue weighted by atomic mass is 16.6. The van der Waals surface area contributed by atoms with Crippen molar-refractivity contribution in [3.63, 3.8) is 0 Å². The summed E-state index contributed by atoms with van der Waals surface area (Å²) in [6, 6.07) is 18.6. The van der Waals surface area contributed by atoms with Crippen LogP contribution in [0.2, 0.25) is 0 Å². The third kappa shape index (κ3) is 2.70. The summed E-state index contributed by atoms with van der Waals surface area (Å²) in [6.45, 7) is 0. The summed E-state index contributed by atoms with van der Waals surface area (Å²) in [5.74, 6) is -0.342. The molecule has 25 heavy (non-hydrogen) atoms. The van der Waals surface area contributed by atoms with E-state index in [0.29, 0.717) is 16.8 Å². The molecule has 0 unspecified atom stereocenters. The topological polar surface area (TPSA) is 85.4 Å². The molecule has 122 valence electrons. The number of nitro groups is 1. The van der Waals surface area contributed by atoms with Crippen LogP contribution in [0.5, 0.6) is 0 Å². The largest absolute Gasteiger partial charge is 0.456 e. The SMILES string of the molecule is O=C(Nc1ccc2c(c1)oc1ccccc12)c1ccc([N+](=O)[O-])cc1. The zero-order chi connectivity index (χ0) is 17.4. The van der Waals surface area contributed by atoms with E-state index in [0.717, 1.165) is 16.4 Å². The van der Waals surface area contributed by atoms with Gasteiger partial charge in [0, 0.05) is 40.2 Å². The van der Waals surface area contributed by atoms with Gasteiger partial charge in [-0.2, -0.15) is 0 Å². The normalized spacial score (nSPS) is 10.9. The lowest BCUT2D eigenvalue weighted by atomic mass is 10.1. The Morgan fingerprint density at radius 1 is 0.920 bits per heavy atom. The highest BCUT2D eigenvalue weighted by Crippen LogP contribution is 2.30. The number of carbonyl (C=O) groups is 1. The molecule has 0 spiro atoms. The maximum atomic E-state index is 12.3. The monoisotopic (exact) mass is 332 g/mol. The number of carbonyl (C=O) groups excluding carboxylic acids is 1. The Hall–Kier alpha value is -3.67. The molecule has 0 bridgehead atoms. The molecule has 1 heterocycles. The van der Waals surface area contributed by atoms with Crippen LogP contribution >= 0.6 is 0 Å². The zero-order valence-corrected chi connectivity index (χ0v) is 12.9. The molecule has 3 aromatic carbocycles. The Labute approximate surface area is 141 Å². The van der Waals surface area contributed by atoms with Gasteiger partial charge in [-0.05, 0) is 30.3 Å². The van der Waals surface area contributed by atoms with E-state index in [1.807, 2.05) is 30.3 Å². The molecule has 1 amide bonds. The van der Waals surface area contributed by atoms with Gasteiger partial charge in [0.15, 0.2) is 0 Å². The van der Waals surface area contributed by atoms with Crippen LogP contribution in [0.25, 0.3) is 21.9 Å². The number of para-hydroxylation sites is 1. The predicted molar refractivity (Wildman–Crippen MR) is 94.8 cm³/mol. The van der Waals surface area contributed by atoms with Gasteiger partial charge in [-0.3, -0.25) is 14.9 Å². The summed E-state index contributed by atoms with van der Waals surface area (Å²) in [4.78, 5) is 22.5. The summed E-state index contributed by atoms with van der Waals surface area (Å²) >= 11 is 0. The van der Waals surface area contributed by atoms with Crippen LogP contribution in [0.15, 0.2) is 71.1 Å². The summed E-state index contributed by atoms with van der Waals surface area (Å²) in [6.07, 6.45) is 0. The van der Waals surface area contributed by atoms with Crippen molar-refractivity contribution in [1.82, 2.24) is 0 Å². The van der Waals surface area contributed by atoms with Crippen LogP contribution in [0.1, 0.15) is 10.4 Å². The first kappa shape index (κ1) is 14.9. The minimum atomic E-state index is -0.503. The first-order valence-corrected chi connectivity index (χ1v) is 7.59. The summed E-state index contributed by atoms with van der Waals surface area (Å²) in [7, 11) is 0. The molecule has 0 aliphatic rings. The van der Waals surface area contributed by atoms with Gasteiger partial charge in [0.2, 0.25) is 0 Å². The van der Waals surface area contributed by atoms with E-state index >= 15 is 0 Å². The molecule has 0 radical (unpaired) electrons. The fourth-order valence-electron chi connectivity index (χ4n) is 2.74. The lowest BCUT2D eigenvalue weighted by Gasteiger charge is -2.05. The minimum Gasteiger partial charge on any atom is -0.456 e. The van der Waals surface area contributed by atoms with Crippen LogP contribution < -0.4 is 5.32 Å². The van der Waals surface area contributed by atoms with E-state index in [9.17, 15) is 14.9 Å². The van der Waals surface area contributed by atoms with Crippen LogP contribution in [0, 0.1) is 10.1 Å². The number of benzene rings is 3. The second-order valence-corrected chi connectivity index (χ2v) is 5.57. The van der Waals surface area contributed by atoms with Crippen molar-refractivity contribution >= 4 is 39.2 Å². The Bertz CT molecular complexity index is 1110. The van der Waals surface area contributed by atoms with Crippen molar-refractivity contribution in [1.29, 1.82) is 0 Å². The fourth-order valence-corrected chi connectivity index (χ4v) is 2.74. The number of nitrogens with zero attached hydrogens (tertiary/aromatic N) is 1. The number of fused-ring (bicyclic) bond motifs is 3. The van der Waals surface area contributed by atoms with Gasteiger partial charge in [-0.25, -0.2) is 0 Å². The van der Waals surface area contributed by atoms with Crippen molar-refractivity contribution in [3.05, 3.63) is 82.4 Å². The Morgan fingerprint density at radius 2 is 1.64 bits per heavy atom. The first-order valence-electron chi connectivity index (χ1n) is 7.59. The predicted octanol–water partition coefficient (Wildman–Crippen LogP) is 4.75. The molecule has 0 aliphatic carbocycles. The zero-order valence-electron chi connectivity index (χ0n) is 12.9. The molecule has 0 saturated carbocycles. The molecule has 6 heteroatoms. The van der Waals surface area contributed by atoms with Crippen LogP contribution in [0.3, 0.4) is 0 Å². The summed E-state index contributed by atoms with van der Waals surface area (Å²) in [5.41, 5.74) is 2.35. The Kier molecular flexibility index (Phi) is 3.43. The Balaban J connectivity index is 1.62. The highest BCUT2D eigenvalue weighted by molar-refractivity contribution is 6.08. The number of amides is 1. The average molecular weight is 332 g/mol. The molecule has 1 N–H and O–H groups in total.